The van der Waals surface area contributed by atoms with Crippen LogP contribution < -0.4 is 0 Å². The van der Waals surface area contributed by atoms with Crippen molar-refractivity contribution in [1.29, 1.82) is 0 Å². The molecule has 1 aliphatic heterocycles. The van der Waals surface area contributed by atoms with E-state index in [0.29, 0.717) is 5.56 Å². The van der Waals surface area contributed by atoms with Gasteiger partial charge in [0.15, 0.2) is 0 Å². The van der Waals surface area contributed by atoms with Gasteiger partial charge in [-0.05, 0) is 12.5 Å². The highest BCUT2D eigenvalue weighted by Gasteiger charge is 2.23. The number of aromatic nitrogens is 2. The minimum Gasteiger partial charge on any atom is -0.336 e. The normalized spacial score (nSPS) is 15.8. The van der Waals surface area contributed by atoms with E-state index in [0.717, 1.165) is 38.4 Å². The smallest absolute Gasteiger partial charge is 0.257 e. The number of aryl methyl sites for hydroxylation is 1. The maximum absolute atomic E-state index is 12.5. The van der Waals surface area contributed by atoms with E-state index < -0.39 is 0 Å². The topological polar surface area (TPSA) is 49.3 Å². The number of benzene rings is 1. The lowest BCUT2D eigenvalue weighted by atomic mass is 10.1. The van der Waals surface area contributed by atoms with Gasteiger partial charge in [0.05, 0.1) is 11.3 Å². The molecule has 2 aromatic rings. The molecular formula is C17H20N4O. The van der Waals surface area contributed by atoms with E-state index in [-0.39, 0.29) is 5.91 Å². The number of carbonyl (C=O) groups is 1. The van der Waals surface area contributed by atoms with E-state index in [9.17, 15) is 4.79 Å². The van der Waals surface area contributed by atoms with Gasteiger partial charge in [-0.15, -0.1) is 0 Å². The summed E-state index contributed by atoms with van der Waals surface area (Å²) in [7, 11) is 0. The molecule has 22 heavy (non-hydrogen) atoms. The number of carbonyl (C=O) groups excluding carboxylic acids is 1. The lowest BCUT2D eigenvalue weighted by Crippen LogP contribution is -2.48. The summed E-state index contributed by atoms with van der Waals surface area (Å²) in [5.41, 5.74) is 2.67. The van der Waals surface area contributed by atoms with Gasteiger partial charge in [-0.1, -0.05) is 30.3 Å². The van der Waals surface area contributed by atoms with Crippen molar-refractivity contribution in [2.24, 2.45) is 0 Å². The van der Waals surface area contributed by atoms with E-state index in [1.165, 1.54) is 11.9 Å². The second-order valence-corrected chi connectivity index (χ2v) is 5.58. The quantitative estimate of drug-likeness (QED) is 0.866. The van der Waals surface area contributed by atoms with Crippen LogP contribution in [0, 0.1) is 6.92 Å². The van der Waals surface area contributed by atoms with E-state index in [1.54, 1.807) is 6.20 Å². The lowest BCUT2D eigenvalue weighted by molar-refractivity contribution is 0.0627. The molecule has 1 aromatic carbocycles. The van der Waals surface area contributed by atoms with Crippen molar-refractivity contribution in [3.05, 3.63) is 59.7 Å². The third-order valence-corrected chi connectivity index (χ3v) is 4.05. The van der Waals surface area contributed by atoms with Crippen molar-refractivity contribution in [3.8, 4) is 0 Å². The zero-order valence-corrected chi connectivity index (χ0v) is 12.8. The standard InChI is InChI=1S/C17H20N4O/c1-14-16(11-18-13-19-14)17(22)21-9-7-20(8-10-21)12-15-5-3-2-4-6-15/h2-6,11,13H,7-10,12H2,1H3. The minimum absolute atomic E-state index is 0.0393. The molecule has 1 fully saturated rings. The molecule has 0 unspecified atom stereocenters. The fourth-order valence-corrected chi connectivity index (χ4v) is 2.72. The summed E-state index contributed by atoms with van der Waals surface area (Å²) < 4.78 is 0. The van der Waals surface area contributed by atoms with Crippen LogP contribution in [0.1, 0.15) is 21.6 Å². The fraction of sp³-hybridized carbons (Fsp3) is 0.353. The number of nitrogens with zero attached hydrogens (tertiary/aromatic N) is 4. The summed E-state index contributed by atoms with van der Waals surface area (Å²) in [5, 5.41) is 0. The average Bonchev–Trinajstić information content (AvgIpc) is 2.56. The van der Waals surface area contributed by atoms with Gasteiger partial charge in [0.25, 0.3) is 5.91 Å². The molecule has 1 saturated heterocycles. The highest BCUT2D eigenvalue weighted by molar-refractivity contribution is 5.94. The first kappa shape index (κ1) is 14.7. The van der Waals surface area contributed by atoms with Gasteiger partial charge in [-0.3, -0.25) is 9.69 Å². The maximum atomic E-state index is 12.5. The van der Waals surface area contributed by atoms with E-state index in [2.05, 4.69) is 39.1 Å². The summed E-state index contributed by atoms with van der Waals surface area (Å²) in [4.78, 5) is 24.9. The summed E-state index contributed by atoms with van der Waals surface area (Å²) >= 11 is 0. The van der Waals surface area contributed by atoms with Crippen LogP contribution in [0.15, 0.2) is 42.9 Å². The van der Waals surface area contributed by atoms with E-state index >= 15 is 0 Å². The Morgan fingerprint density at radius 1 is 1.14 bits per heavy atom. The molecule has 5 nitrogen and oxygen atoms in total. The largest absolute Gasteiger partial charge is 0.336 e. The number of amides is 1. The van der Waals surface area contributed by atoms with Crippen LogP contribution in [0.3, 0.4) is 0 Å². The minimum atomic E-state index is 0.0393. The Balaban J connectivity index is 1.58. The Morgan fingerprint density at radius 3 is 2.55 bits per heavy atom. The summed E-state index contributed by atoms with van der Waals surface area (Å²) in [6.45, 7) is 6.08. The number of piperazine rings is 1. The molecule has 5 heteroatoms. The van der Waals surface area contributed by atoms with Gasteiger partial charge in [-0.25, -0.2) is 9.97 Å². The second kappa shape index (κ2) is 6.66. The Bertz CT molecular complexity index is 636. The third-order valence-electron chi connectivity index (χ3n) is 4.05. The van der Waals surface area contributed by atoms with Crippen LogP contribution in [-0.2, 0) is 6.54 Å². The molecular weight excluding hydrogens is 276 g/mol. The Hall–Kier alpha value is -2.27. The lowest BCUT2D eigenvalue weighted by Gasteiger charge is -2.34. The van der Waals surface area contributed by atoms with Crippen LogP contribution in [0.25, 0.3) is 0 Å². The summed E-state index contributed by atoms with van der Waals surface area (Å²) in [6, 6.07) is 10.4. The SMILES string of the molecule is Cc1ncncc1C(=O)N1CCN(Cc2ccccc2)CC1. The van der Waals surface area contributed by atoms with Gasteiger partial charge in [0.2, 0.25) is 0 Å². The average molecular weight is 296 g/mol. The molecule has 0 bridgehead atoms. The molecule has 1 aliphatic rings. The molecule has 2 heterocycles. The first-order chi connectivity index (χ1) is 10.7. The van der Waals surface area contributed by atoms with Crippen molar-refractivity contribution < 1.29 is 4.79 Å². The number of hydrogen-bond acceptors (Lipinski definition) is 4. The van der Waals surface area contributed by atoms with Gasteiger partial charge >= 0.3 is 0 Å². The Kier molecular flexibility index (Phi) is 4.44. The van der Waals surface area contributed by atoms with Gasteiger partial charge in [0.1, 0.15) is 6.33 Å². The van der Waals surface area contributed by atoms with Crippen LogP contribution >= 0.6 is 0 Å². The highest BCUT2D eigenvalue weighted by atomic mass is 16.2. The predicted octanol–water partition coefficient (Wildman–Crippen LogP) is 1.74. The first-order valence-corrected chi connectivity index (χ1v) is 7.56. The van der Waals surface area contributed by atoms with Crippen LogP contribution in [-0.4, -0.2) is 51.9 Å². The first-order valence-electron chi connectivity index (χ1n) is 7.56. The molecule has 0 radical (unpaired) electrons. The highest BCUT2D eigenvalue weighted by Crippen LogP contribution is 2.12. The van der Waals surface area contributed by atoms with Gasteiger partial charge in [0, 0.05) is 38.9 Å². The number of hydrogen-bond donors (Lipinski definition) is 0. The molecule has 114 valence electrons. The van der Waals surface area contributed by atoms with E-state index in [4.69, 9.17) is 0 Å². The van der Waals surface area contributed by atoms with Crippen LogP contribution in [0.4, 0.5) is 0 Å². The maximum Gasteiger partial charge on any atom is 0.257 e. The molecule has 0 N–H and O–H groups in total. The number of rotatable bonds is 3. The molecule has 1 aromatic heterocycles. The zero-order valence-electron chi connectivity index (χ0n) is 12.8. The van der Waals surface area contributed by atoms with Crippen molar-refractivity contribution in [1.82, 2.24) is 19.8 Å². The molecule has 0 atom stereocenters. The second-order valence-electron chi connectivity index (χ2n) is 5.58. The van der Waals surface area contributed by atoms with Crippen molar-refractivity contribution in [3.63, 3.8) is 0 Å². The third kappa shape index (κ3) is 3.31. The fourth-order valence-electron chi connectivity index (χ4n) is 2.72. The predicted molar refractivity (Wildman–Crippen MR) is 84.4 cm³/mol. The molecule has 0 spiro atoms. The molecule has 0 saturated carbocycles. The zero-order chi connectivity index (χ0) is 15.4. The van der Waals surface area contributed by atoms with Crippen LogP contribution in [0.2, 0.25) is 0 Å². The Labute approximate surface area is 130 Å². The van der Waals surface area contributed by atoms with Crippen molar-refractivity contribution >= 4 is 5.91 Å². The van der Waals surface area contributed by atoms with E-state index in [1.807, 2.05) is 17.9 Å². The van der Waals surface area contributed by atoms with Gasteiger partial charge in [-0.2, -0.15) is 0 Å². The Morgan fingerprint density at radius 2 is 1.86 bits per heavy atom. The van der Waals surface area contributed by atoms with Crippen molar-refractivity contribution in [2.75, 3.05) is 26.2 Å². The summed E-state index contributed by atoms with van der Waals surface area (Å²) in [6.07, 6.45) is 3.09. The molecule has 0 aliphatic carbocycles. The molecule has 1 amide bonds. The summed E-state index contributed by atoms with van der Waals surface area (Å²) in [5.74, 6) is 0.0393. The molecule has 3 rings (SSSR count). The van der Waals surface area contributed by atoms with Crippen molar-refractivity contribution in [2.45, 2.75) is 13.5 Å². The van der Waals surface area contributed by atoms with Gasteiger partial charge < -0.3 is 4.90 Å². The van der Waals surface area contributed by atoms with Crippen LogP contribution in [0.5, 0.6) is 0 Å². The monoisotopic (exact) mass is 296 g/mol.